The zero-order valence-corrected chi connectivity index (χ0v) is 17.7. The lowest BCUT2D eigenvalue weighted by Gasteiger charge is -2.35. The first kappa shape index (κ1) is 21.2. The molecule has 1 aliphatic heterocycles. The molecule has 2 atom stereocenters. The van der Waals surface area contributed by atoms with E-state index in [0.717, 1.165) is 50.0 Å². The van der Waals surface area contributed by atoms with Crippen molar-refractivity contribution in [1.82, 2.24) is 10.6 Å². The Bertz CT molecular complexity index is 734. The maximum Gasteiger partial charge on any atom is 0.319 e. The summed E-state index contributed by atoms with van der Waals surface area (Å²) < 4.78 is 5.83. The van der Waals surface area contributed by atoms with E-state index in [9.17, 15) is 9.59 Å². The van der Waals surface area contributed by atoms with Gasteiger partial charge in [-0.2, -0.15) is 0 Å². The molecule has 1 saturated carbocycles. The van der Waals surface area contributed by atoms with Gasteiger partial charge in [-0.05, 0) is 63.1 Å². The molecule has 3 rings (SSSR count). The minimum atomic E-state index is -0.647. The number of rotatable bonds is 6. The van der Waals surface area contributed by atoms with Gasteiger partial charge in [0.15, 0.2) is 0 Å². The van der Waals surface area contributed by atoms with Gasteiger partial charge in [-0.25, -0.2) is 4.79 Å². The second-order valence-electron chi connectivity index (χ2n) is 8.16. The van der Waals surface area contributed by atoms with Crippen molar-refractivity contribution in [3.63, 3.8) is 0 Å². The Labute approximate surface area is 173 Å². The van der Waals surface area contributed by atoms with Gasteiger partial charge in [-0.3, -0.25) is 4.79 Å². The Kier molecular flexibility index (Phi) is 6.83. The van der Waals surface area contributed by atoms with Crippen LogP contribution in [0.5, 0.6) is 0 Å². The molecule has 0 aromatic heterocycles. The summed E-state index contributed by atoms with van der Waals surface area (Å²) in [6.45, 7) is 12.3. The zero-order valence-electron chi connectivity index (χ0n) is 17.7. The summed E-state index contributed by atoms with van der Waals surface area (Å²) in [5.41, 5.74) is 2.38. The monoisotopic (exact) mass is 399 g/mol. The minimum Gasteiger partial charge on any atom is -0.462 e. The van der Waals surface area contributed by atoms with Crippen molar-refractivity contribution in [2.24, 2.45) is 11.8 Å². The van der Waals surface area contributed by atoms with Crippen molar-refractivity contribution >= 4 is 17.7 Å². The van der Waals surface area contributed by atoms with E-state index in [4.69, 9.17) is 4.74 Å². The first-order chi connectivity index (χ1) is 13.9. The number of benzene rings is 1. The lowest BCUT2D eigenvalue weighted by molar-refractivity contribution is -0.155. The van der Waals surface area contributed by atoms with Crippen molar-refractivity contribution in [3.8, 4) is 0 Å². The van der Waals surface area contributed by atoms with Gasteiger partial charge in [-0.15, -0.1) is 0 Å². The van der Waals surface area contributed by atoms with Gasteiger partial charge >= 0.3 is 12.0 Å². The third-order valence-corrected chi connectivity index (χ3v) is 6.15. The van der Waals surface area contributed by atoms with E-state index in [2.05, 4.69) is 42.9 Å². The van der Waals surface area contributed by atoms with Crippen LogP contribution >= 0.6 is 0 Å². The number of anilines is 1. The number of carbonyl (C=O) groups excluding carboxylic acids is 2. The third kappa shape index (κ3) is 4.92. The fraction of sp³-hybridized carbons (Fsp3) is 0.565. The topological polar surface area (TPSA) is 70.7 Å². The highest BCUT2D eigenvalue weighted by atomic mass is 16.5. The molecule has 1 aromatic carbocycles. The number of esters is 1. The summed E-state index contributed by atoms with van der Waals surface area (Å²) in [7, 11) is 0. The number of nitrogens with zero attached hydrogens (tertiary/aromatic N) is 1. The van der Waals surface area contributed by atoms with Gasteiger partial charge in [0.2, 0.25) is 0 Å². The van der Waals surface area contributed by atoms with E-state index in [0.29, 0.717) is 11.6 Å². The normalized spacial score (nSPS) is 27.0. The second-order valence-corrected chi connectivity index (χ2v) is 8.16. The van der Waals surface area contributed by atoms with Gasteiger partial charge < -0.3 is 20.3 Å². The van der Waals surface area contributed by atoms with Gasteiger partial charge in [0.1, 0.15) is 12.0 Å². The molecule has 2 aliphatic rings. The Balaban J connectivity index is 1.77. The van der Waals surface area contributed by atoms with Crippen LogP contribution in [0.25, 0.3) is 0 Å². The summed E-state index contributed by atoms with van der Waals surface area (Å²) >= 11 is 0. The van der Waals surface area contributed by atoms with E-state index in [1.165, 1.54) is 0 Å². The van der Waals surface area contributed by atoms with E-state index < -0.39 is 12.0 Å². The molecule has 1 aliphatic carbocycles. The Morgan fingerprint density at radius 1 is 1.14 bits per heavy atom. The molecular weight excluding hydrogens is 366 g/mol. The van der Waals surface area contributed by atoms with Crippen molar-refractivity contribution in [2.75, 3.05) is 18.0 Å². The number of hydrogen-bond acceptors (Lipinski definition) is 4. The summed E-state index contributed by atoms with van der Waals surface area (Å²) in [4.78, 5) is 27.4. The van der Waals surface area contributed by atoms with E-state index in [1.807, 2.05) is 24.3 Å². The van der Waals surface area contributed by atoms with Crippen molar-refractivity contribution < 1.29 is 14.3 Å². The summed E-state index contributed by atoms with van der Waals surface area (Å²) in [5.74, 6) is -0.279. The average Bonchev–Trinajstić information content (AvgIpc) is 2.70. The van der Waals surface area contributed by atoms with Crippen LogP contribution in [-0.2, 0) is 9.53 Å². The zero-order chi connectivity index (χ0) is 21.0. The maximum absolute atomic E-state index is 13.0. The molecule has 0 bridgehead atoms. The highest BCUT2D eigenvalue weighted by Gasteiger charge is 2.40. The fourth-order valence-electron chi connectivity index (χ4n) is 4.31. The van der Waals surface area contributed by atoms with Crippen LogP contribution in [0.4, 0.5) is 10.5 Å². The molecule has 2 unspecified atom stereocenters. The Morgan fingerprint density at radius 2 is 1.76 bits per heavy atom. The predicted molar refractivity (Wildman–Crippen MR) is 115 cm³/mol. The third-order valence-electron chi connectivity index (χ3n) is 6.15. The first-order valence-corrected chi connectivity index (χ1v) is 10.7. The van der Waals surface area contributed by atoms with E-state index >= 15 is 0 Å². The molecule has 0 radical (unpaired) electrons. The van der Waals surface area contributed by atoms with E-state index in [1.54, 1.807) is 0 Å². The number of urea groups is 1. The number of hydrogen-bond donors (Lipinski definition) is 2. The smallest absolute Gasteiger partial charge is 0.319 e. The van der Waals surface area contributed by atoms with Gasteiger partial charge in [-0.1, -0.05) is 25.6 Å². The standard InChI is InChI=1S/C23H33N3O3/c1-5-26(6-2)18-11-9-17(10-12-18)21-20(16(4)24-23(28)25-21)22(27)29-19-13-7-15(3)8-14-19/h9-12,15,19-21H,4-8,13-14H2,1-3H3,(H2,24,25,28). The van der Waals surface area contributed by atoms with Crippen molar-refractivity contribution in [2.45, 2.75) is 58.6 Å². The van der Waals surface area contributed by atoms with Crippen LogP contribution in [0.1, 0.15) is 58.1 Å². The molecular formula is C23H33N3O3. The minimum absolute atomic E-state index is 0.0465. The number of ether oxygens (including phenoxy) is 1. The second kappa shape index (κ2) is 9.33. The molecule has 6 heteroatoms. The van der Waals surface area contributed by atoms with Crippen molar-refractivity contribution in [3.05, 3.63) is 42.1 Å². The molecule has 158 valence electrons. The molecule has 0 spiro atoms. The molecule has 1 aromatic rings. The van der Waals surface area contributed by atoms with Crippen LogP contribution in [0.2, 0.25) is 0 Å². The molecule has 29 heavy (non-hydrogen) atoms. The molecule has 2 fully saturated rings. The maximum atomic E-state index is 13.0. The summed E-state index contributed by atoms with van der Waals surface area (Å²) in [5, 5.41) is 5.54. The van der Waals surface area contributed by atoms with Crippen LogP contribution in [0, 0.1) is 11.8 Å². The predicted octanol–water partition coefficient (Wildman–Crippen LogP) is 4.14. The highest BCUT2D eigenvalue weighted by molar-refractivity contribution is 5.85. The SMILES string of the molecule is C=C1NC(=O)NC(c2ccc(N(CC)CC)cc2)C1C(=O)OC1CCC(C)CC1. The van der Waals surface area contributed by atoms with Crippen LogP contribution in [0.15, 0.2) is 36.5 Å². The summed E-state index contributed by atoms with van der Waals surface area (Å²) in [6.07, 6.45) is 3.91. The average molecular weight is 400 g/mol. The Morgan fingerprint density at radius 3 is 2.34 bits per heavy atom. The van der Waals surface area contributed by atoms with Crippen LogP contribution < -0.4 is 15.5 Å². The van der Waals surface area contributed by atoms with Crippen LogP contribution in [-0.4, -0.2) is 31.2 Å². The molecule has 2 amide bonds. The quantitative estimate of drug-likeness (QED) is 0.706. The number of nitrogens with one attached hydrogen (secondary N) is 2. The number of amides is 2. The lowest BCUT2D eigenvalue weighted by atomic mass is 9.87. The molecule has 1 heterocycles. The van der Waals surface area contributed by atoms with Crippen LogP contribution in [0.3, 0.4) is 0 Å². The van der Waals surface area contributed by atoms with Gasteiger partial charge in [0.25, 0.3) is 0 Å². The first-order valence-electron chi connectivity index (χ1n) is 10.7. The number of carbonyl (C=O) groups is 2. The molecule has 1 saturated heterocycles. The largest absolute Gasteiger partial charge is 0.462 e. The molecule has 6 nitrogen and oxygen atoms in total. The molecule has 2 N–H and O–H groups in total. The van der Waals surface area contributed by atoms with Gasteiger partial charge in [0, 0.05) is 24.5 Å². The Hall–Kier alpha value is -2.50. The highest BCUT2D eigenvalue weighted by Crippen LogP contribution is 2.33. The summed E-state index contributed by atoms with van der Waals surface area (Å²) in [6, 6.07) is 7.17. The van der Waals surface area contributed by atoms with Gasteiger partial charge in [0.05, 0.1) is 6.04 Å². The fourth-order valence-corrected chi connectivity index (χ4v) is 4.31. The van der Waals surface area contributed by atoms with Crippen molar-refractivity contribution in [1.29, 1.82) is 0 Å². The van der Waals surface area contributed by atoms with E-state index in [-0.39, 0.29) is 18.1 Å². The lowest BCUT2D eigenvalue weighted by Crippen LogP contribution is -2.51.